The summed E-state index contributed by atoms with van der Waals surface area (Å²) in [5.41, 5.74) is 0.841. The van der Waals surface area contributed by atoms with Gasteiger partial charge in [-0.1, -0.05) is 23.4 Å². The molecule has 2 aromatic rings. The van der Waals surface area contributed by atoms with Gasteiger partial charge in [-0.3, -0.25) is 9.59 Å². The van der Waals surface area contributed by atoms with Crippen molar-refractivity contribution in [3.63, 3.8) is 0 Å². The molecule has 5 heteroatoms. The Hall–Kier alpha value is -2.43. The Morgan fingerprint density at radius 1 is 1.31 bits per heavy atom. The highest BCUT2D eigenvalue weighted by atomic mass is 16.5. The van der Waals surface area contributed by atoms with E-state index < -0.39 is 0 Å². The maximum atomic E-state index is 11.7. The molecule has 0 aliphatic carbocycles. The number of carbonyl (C=O) groups is 2. The van der Waals surface area contributed by atoms with Crippen molar-refractivity contribution in [3.8, 4) is 0 Å². The van der Waals surface area contributed by atoms with Crippen LogP contribution >= 0.6 is 0 Å². The highest BCUT2D eigenvalue weighted by molar-refractivity contribution is 6.05. The summed E-state index contributed by atoms with van der Waals surface area (Å²) in [4.78, 5) is 22.2. The second kappa shape index (κ2) is 4.39. The zero-order valence-electron chi connectivity index (χ0n) is 8.21. The van der Waals surface area contributed by atoms with Crippen LogP contribution in [0.5, 0.6) is 0 Å². The van der Waals surface area contributed by atoms with Gasteiger partial charge in [0.25, 0.3) is 5.91 Å². The molecule has 0 aliphatic rings. The molecule has 1 heterocycles. The minimum absolute atomic E-state index is 0.0734. The van der Waals surface area contributed by atoms with Crippen molar-refractivity contribution >= 4 is 17.9 Å². The number of aromatic nitrogens is 1. The van der Waals surface area contributed by atoms with E-state index in [-0.39, 0.29) is 17.3 Å². The number of hydrogen-bond acceptors (Lipinski definition) is 4. The number of benzene rings is 1. The third-order valence-corrected chi connectivity index (χ3v) is 1.99. The lowest BCUT2D eigenvalue weighted by Gasteiger charge is -2.01. The summed E-state index contributed by atoms with van der Waals surface area (Å²) >= 11 is 0. The van der Waals surface area contributed by atoms with Gasteiger partial charge in [-0.2, -0.15) is 0 Å². The summed E-state index contributed by atoms with van der Waals surface area (Å²) < 4.78 is 4.58. The predicted octanol–water partition coefficient (Wildman–Crippen LogP) is 1.74. The first-order valence-corrected chi connectivity index (χ1v) is 4.57. The van der Waals surface area contributed by atoms with E-state index in [0.29, 0.717) is 11.8 Å². The van der Waals surface area contributed by atoms with Crippen LogP contribution in [0.2, 0.25) is 0 Å². The molecule has 0 fully saturated rings. The van der Waals surface area contributed by atoms with Gasteiger partial charge in [-0.25, -0.2) is 0 Å². The lowest BCUT2D eigenvalue weighted by Crippen LogP contribution is -2.12. The number of nitrogens with zero attached hydrogens (tertiary/aromatic N) is 1. The van der Waals surface area contributed by atoms with Gasteiger partial charge >= 0.3 is 0 Å². The summed E-state index contributed by atoms with van der Waals surface area (Å²) in [5.74, 6) is -0.313. The Morgan fingerprint density at radius 2 is 2.06 bits per heavy atom. The van der Waals surface area contributed by atoms with E-state index in [1.54, 1.807) is 24.3 Å². The van der Waals surface area contributed by atoms with Gasteiger partial charge in [-0.15, -0.1) is 0 Å². The highest BCUT2D eigenvalue weighted by Gasteiger charge is 2.11. The fraction of sp³-hybridized carbons (Fsp3) is 0. The van der Waals surface area contributed by atoms with Crippen molar-refractivity contribution in [2.45, 2.75) is 0 Å². The van der Waals surface area contributed by atoms with Crippen molar-refractivity contribution in [3.05, 3.63) is 47.9 Å². The Kier molecular flexibility index (Phi) is 2.77. The van der Waals surface area contributed by atoms with Crippen LogP contribution in [0.25, 0.3) is 0 Å². The second-order valence-corrected chi connectivity index (χ2v) is 3.05. The van der Waals surface area contributed by atoms with E-state index in [2.05, 4.69) is 15.0 Å². The normalized spacial score (nSPS) is 9.75. The smallest absolute Gasteiger partial charge is 0.255 e. The molecule has 1 amide bonds. The fourth-order valence-corrected chi connectivity index (χ4v) is 1.21. The van der Waals surface area contributed by atoms with E-state index >= 15 is 0 Å². The van der Waals surface area contributed by atoms with Gasteiger partial charge in [0.05, 0.1) is 0 Å². The van der Waals surface area contributed by atoms with Gasteiger partial charge < -0.3 is 9.84 Å². The molecular weight excluding hydrogens is 208 g/mol. The first kappa shape index (κ1) is 10.1. The number of aldehydes is 1. The largest absolute Gasteiger partial charge is 0.362 e. The zero-order chi connectivity index (χ0) is 11.4. The molecule has 0 atom stereocenters. The van der Waals surface area contributed by atoms with Crippen LogP contribution in [-0.2, 0) is 0 Å². The molecule has 0 spiro atoms. The number of nitrogens with one attached hydrogen (secondary N) is 1. The third kappa shape index (κ3) is 1.98. The number of hydrogen-bond donors (Lipinski definition) is 1. The van der Waals surface area contributed by atoms with Gasteiger partial charge in [-0.05, 0) is 12.1 Å². The average molecular weight is 216 g/mol. The molecule has 80 valence electrons. The highest BCUT2D eigenvalue weighted by Crippen LogP contribution is 2.12. The van der Waals surface area contributed by atoms with Crippen LogP contribution in [0.15, 0.2) is 41.1 Å². The van der Waals surface area contributed by atoms with E-state index in [9.17, 15) is 9.59 Å². The Morgan fingerprint density at radius 3 is 2.75 bits per heavy atom. The quantitative estimate of drug-likeness (QED) is 0.793. The summed E-state index contributed by atoms with van der Waals surface area (Å²) in [6, 6.07) is 8.66. The Bertz CT molecular complexity index is 505. The molecule has 0 bridgehead atoms. The third-order valence-electron chi connectivity index (χ3n) is 1.99. The number of amides is 1. The summed E-state index contributed by atoms with van der Waals surface area (Å²) in [7, 11) is 0. The summed E-state index contributed by atoms with van der Waals surface area (Å²) in [6.45, 7) is 0. The van der Waals surface area contributed by atoms with Crippen molar-refractivity contribution in [2.75, 3.05) is 5.32 Å². The zero-order valence-corrected chi connectivity index (χ0v) is 8.21. The van der Waals surface area contributed by atoms with E-state index in [1.807, 2.05) is 6.07 Å². The number of rotatable bonds is 3. The minimum atomic E-state index is -0.313. The molecule has 0 aliphatic heterocycles. The van der Waals surface area contributed by atoms with Crippen LogP contribution in [0, 0.1) is 0 Å². The van der Waals surface area contributed by atoms with Gasteiger partial charge in [0.2, 0.25) is 0 Å². The van der Waals surface area contributed by atoms with Crippen molar-refractivity contribution in [1.82, 2.24) is 5.16 Å². The minimum Gasteiger partial charge on any atom is -0.362 e. The maximum Gasteiger partial charge on any atom is 0.255 e. The Balaban J connectivity index is 2.17. The lowest BCUT2D eigenvalue weighted by atomic mass is 10.2. The molecule has 2 rings (SSSR count). The fourth-order valence-electron chi connectivity index (χ4n) is 1.21. The molecule has 1 aromatic carbocycles. The number of anilines is 1. The monoisotopic (exact) mass is 216 g/mol. The molecule has 0 saturated heterocycles. The van der Waals surface area contributed by atoms with E-state index in [1.165, 1.54) is 6.26 Å². The van der Waals surface area contributed by atoms with Crippen molar-refractivity contribution in [1.29, 1.82) is 0 Å². The van der Waals surface area contributed by atoms with Crippen LogP contribution < -0.4 is 5.32 Å². The maximum absolute atomic E-state index is 11.7. The van der Waals surface area contributed by atoms with Crippen molar-refractivity contribution in [2.24, 2.45) is 0 Å². The van der Waals surface area contributed by atoms with E-state index in [4.69, 9.17) is 0 Å². The van der Waals surface area contributed by atoms with Crippen LogP contribution in [0.3, 0.4) is 0 Å². The standard InChI is InChI=1S/C11H8N2O3/c14-6-9-10(7-16-13-9)12-11(15)8-4-2-1-3-5-8/h1-7H,(H,12,15). The number of carbonyl (C=O) groups excluding carboxylic acids is 2. The predicted molar refractivity (Wildman–Crippen MR) is 56.3 cm³/mol. The second-order valence-electron chi connectivity index (χ2n) is 3.05. The SMILES string of the molecule is O=Cc1nocc1NC(=O)c1ccccc1. The topological polar surface area (TPSA) is 72.2 Å². The molecule has 1 aromatic heterocycles. The van der Waals surface area contributed by atoms with Crippen molar-refractivity contribution < 1.29 is 14.1 Å². The van der Waals surface area contributed by atoms with Crippen LogP contribution in [-0.4, -0.2) is 17.4 Å². The molecule has 0 unspecified atom stereocenters. The van der Waals surface area contributed by atoms with Crippen LogP contribution in [0.4, 0.5) is 5.69 Å². The molecule has 0 radical (unpaired) electrons. The van der Waals surface area contributed by atoms with Gasteiger partial charge in [0, 0.05) is 5.56 Å². The molecular formula is C11H8N2O3. The van der Waals surface area contributed by atoms with Gasteiger partial charge in [0.1, 0.15) is 12.0 Å². The molecule has 0 saturated carbocycles. The molecule has 5 nitrogen and oxygen atoms in total. The molecule has 1 N–H and O–H groups in total. The first-order valence-electron chi connectivity index (χ1n) is 4.57. The average Bonchev–Trinajstić information content (AvgIpc) is 2.77. The first-order chi connectivity index (χ1) is 7.81. The lowest BCUT2D eigenvalue weighted by molar-refractivity contribution is 0.102. The molecule has 16 heavy (non-hydrogen) atoms. The van der Waals surface area contributed by atoms with Gasteiger partial charge in [0.15, 0.2) is 12.0 Å². The Labute approximate surface area is 91.1 Å². The summed E-state index contributed by atoms with van der Waals surface area (Å²) in [5, 5.41) is 5.95. The van der Waals surface area contributed by atoms with E-state index in [0.717, 1.165) is 0 Å². The van der Waals surface area contributed by atoms with Crippen LogP contribution in [0.1, 0.15) is 20.8 Å². The summed E-state index contributed by atoms with van der Waals surface area (Å²) in [6.07, 6.45) is 1.73.